The number of nitrogens with one attached hydrogen (secondary N) is 11. The molecule has 2 aliphatic rings. The average Bonchev–Trinajstić information content (AvgIpc) is 1.73. The number of H-pyrrole nitrogens is 4. The number of nitro groups is 1. The molecule has 0 radical (unpaired) electrons. The Morgan fingerprint density at radius 2 is 0.857 bits per heavy atom. The second-order valence-electron chi connectivity index (χ2n) is 29.5. The number of aryl methyl sites for hydroxylation is 1. The van der Waals surface area contributed by atoms with E-state index in [1.54, 1.807) is 72.7 Å². The van der Waals surface area contributed by atoms with Gasteiger partial charge < -0.3 is 61.1 Å². The van der Waals surface area contributed by atoms with Gasteiger partial charge in [0, 0.05) is 124 Å². The van der Waals surface area contributed by atoms with Gasteiger partial charge in [0.2, 0.25) is 23.8 Å². The maximum absolute atomic E-state index is 11.0. The third-order valence-corrected chi connectivity index (χ3v) is 24.8. The highest BCUT2D eigenvalue weighted by molar-refractivity contribution is 7.18. The minimum Gasteiger partial charge on any atom is -0.497 e. The second kappa shape index (κ2) is 35.3. The Bertz CT molecular complexity index is 7460. The summed E-state index contributed by atoms with van der Waals surface area (Å²) in [5.41, 5.74) is 16.9. The zero-order chi connectivity index (χ0) is 84.8. The van der Waals surface area contributed by atoms with Gasteiger partial charge in [-0.1, -0.05) is 18.2 Å². The number of nitrogens with zero attached hydrogens (tertiary/aromatic N) is 18. The minimum absolute atomic E-state index is 0.0354. The minimum atomic E-state index is -0.459. The number of piperazine rings is 1. The van der Waals surface area contributed by atoms with Crippen molar-refractivity contribution in [3.05, 3.63) is 257 Å². The molecular weight excluding hydrogens is 1670 g/mol. The smallest absolute Gasteiger partial charge is 0.290 e. The first-order valence-electron chi connectivity index (χ1n) is 40.2. The van der Waals surface area contributed by atoms with Crippen LogP contribution in [-0.4, -0.2) is 142 Å². The van der Waals surface area contributed by atoms with Crippen LogP contribution < -0.4 is 56.7 Å². The summed E-state index contributed by atoms with van der Waals surface area (Å²) in [4.78, 5) is 63.5. The molecule has 0 spiro atoms. The summed E-state index contributed by atoms with van der Waals surface area (Å²) in [6.45, 7) is 7.46. The average molecular weight is 1740 g/mol. The third kappa shape index (κ3) is 17.5. The van der Waals surface area contributed by atoms with E-state index < -0.39 is 4.92 Å². The predicted octanol–water partition coefficient (Wildman–Crippen LogP) is 21.1. The first-order valence-corrected chi connectivity index (χ1v) is 43.7. The summed E-state index contributed by atoms with van der Waals surface area (Å²) < 4.78 is 14.8. The lowest BCUT2D eigenvalue weighted by molar-refractivity contribution is -0.385. The standard InChI is InChI=1S/C24H23N7OS.C24H23N7S.C22H15N7OS.C19H14N8O2S/c1-32-19-4-2-3-18(14-19)30-8-10-31(11-9-30)24-27-21-7-12-33-22(21)23(28-24)26-17-5-6-20-16(13-17)15-25-29-20;1-2-11-31(12-3-1)19-7-4-17(5-8-19)27-24-28-21-10-13-32-22(21)23(29-24)26-18-6-9-20-16(14-18)15-25-30-20;1-2-13(19-11-23-12-30-19)8-15(3-1)26-22-27-18-6-7-31-20(18)21(28-22)25-16-4-5-17-14(9-16)10-24-29-17;1-10-6-16(20-9-15(10)27(28)29)24-19-23-14-4-5-30-17(14)18(25-19)22-12-2-3-13-11(7-12)8-21-26-13/h2-7,12-15H,8-11H2,1H3,(H,25,29)(H,26,27,28);4-10,13-15H,1-3,11-12H2,(H,25,30)(H2,26,27,28,29);1-12H,(H,24,29)(H2,25,26,27,28);2-9H,1H3,(H,21,26)(H2,20,22,23,24,25). The molecule has 2 fully saturated rings. The number of hydrogen-bond donors (Lipinski definition) is 11. The molecule has 33 nitrogen and oxygen atoms in total. The SMILES string of the molecule is COc1cccc(N2CCN(c3nc(Nc4ccc5[nH]ncc5c4)c4sccc4n3)CC2)c1.Cc1cc(Nc2nc(Nc3ccc4[nH]ncc4c3)c3sccc3n2)ncc1[N+](=O)[O-].c1cc(Nc2nc(Nc3ccc4[nH]ncc4c3)c3sccc3n2)cc(-c2cnco2)c1.c1cc2nc(Nc3ccc(N4CCCCC4)cc3)nc(Nc3ccc4[nH]ncc4c3)c2s1. The number of thiophene rings is 4. The predicted molar refractivity (Wildman–Crippen MR) is 505 cm³/mol. The van der Waals surface area contributed by atoms with E-state index in [-0.39, 0.29) is 5.69 Å². The van der Waals surface area contributed by atoms with Crippen LogP contribution in [0.25, 0.3) is 95.8 Å². The zero-order valence-electron chi connectivity index (χ0n) is 67.3. The lowest BCUT2D eigenvalue weighted by Crippen LogP contribution is -2.47. The first kappa shape index (κ1) is 78.7. The van der Waals surface area contributed by atoms with Gasteiger partial charge in [0.1, 0.15) is 17.8 Å². The number of hydrogen-bond acceptors (Lipinski definition) is 32. The molecular formula is C89H75N29O4S4. The Kier molecular flexibility index (Phi) is 22.0. The van der Waals surface area contributed by atoms with Crippen LogP contribution in [0.5, 0.6) is 5.75 Å². The molecule has 16 heterocycles. The number of aromatic nitrogens is 18. The maximum atomic E-state index is 11.0. The van der Waals surface area contributed by atoms with E-state index in [2.05, 4.69) is 178 Å². The molecule has 2 aliphatic heterocycles. The van der Waals surface area contributed by atoms with E-state index >= 15 is 0 Å². The Balaban J connectivity index is 0.000000106. The lowest BCUT2D eigenvalue weighted by Gasteiger charge is -2.36. The number of piperidine rings is 1. The van der Waals surface area contributed by atoms with Crippen molar-refractivity contribution in [1.82, 2.24) is 90.6 Å². The summed E-state index contributed by atoms with van der Waals surface area (Å²) in [6, 6.07) is 58.3. The number of aromatic amines is 4. The Morgan fingerprint density at radius 3 is 1.33 bits per heavy atom. The summed E-state index contributed by atoms with van der Waals surface area (Å²) in [6.07, 6.45) is 15.4. The number of methoxy groups -OCH3 is 1. The quantitative estimate of drug-likeness (QED) is 0.0249. The highest BCUT2D eigenvalue weighted by Crippen LogP contribution is 2.39. The lowest BCUT2D eigenvalue weighted by atomic mass is 10.1. The van der Waals surface area contributed by atoms with E-state index in [9.17, 15) is 10.1 Å². The van der Waals surface area contributed by atoms with Crippen LogP contribution >= 0.6 is 45.3 Å². The monoisotopic (exact) mass is 1740 g/mol. The van der Waals surface area contributed by atoms with E-state index in [1.165, 1.54) is 54.6 Å². The van der Waals surface area contributed by atoms with Gasteiger partial charge in [-0.05, 0) is 199 Å². The van der Waals surface area contributed by atoms with Crippen LogP contribution in [0.15, 0.2) is 245 Å². The van der Waals surface area contributed by atoms with Crippen molar-refractivity contribution in [3.63, 3.8) is 0 Å². The molecule has 14 aromatic heterocycles. The fraction of sp³-hybridized carbons (Fsp3) is 0.124. The first-order chi connectivity index (χ1) is 62.0. The van der Waals surface area contributed by atoms with Crippen molar-refractivity contribution in [2.45, 2.75) is 26.2 Å². The van der Waals surface area contributed by atoms with Crippen molar-refractivity contribution in [3.8, 4) is 17.1 Å². The molecule has 37 heteroatoms. The van der Waals surface area contributed by atoms with Crippen LogP contribution in [0.2, 0.25) is 0 Å². The summed E-state index contributed by atoms with van der Waals surface area (Å²) >= 11 is 6.42. The second-order valence-corrected chi connectivity index (χ2v) is 33.2. The van der Waals surface area contributed by atoms with Crippen molar-refractivity contribution in [1.29, 1.82) is 0 Å². The molecule has 0 bridgehead atoms. The maximum Gasteiger partial charge on any atom is 0.290 e. The van der Waals surface area contributed by atoms with Crippen molar-refractivity contribution in [2.75, 3.05) is 98.3 Å². The number of pyridine rings is 1. The molecule has 23 rings (SSSR count). The van der Waals surface area contributed by atoms with Gasteiger partial charge in [0.15, 0.2) is 35.4 Å². The molecule has 0 unspecified atom stereocenters. The fourth-order valence-electron chi connectivity index (χ4n) is 14.9. The van der Waals surface area contributed by atoms with Crippen molar-refractivity contribution < 1.29 is 14.1 Å². The molecule has 7 aromatic carbocycles. The summed E-state index contributed by atoms with van der Waals surface area (Å²) in [5, 5.41) is 74.9. The van der Waals surface area contributed by atoms with E-state index in [1.807, 2.05) is 144 Å². The number of benzene rings is 7. The fourth-order valence-corrected chi connectivity index (χ4v) is 18.0. The molecule has 21 aromatic rings. The van der Waals surface area contributed by atoms with E-state index in [0.29, 0.717) is 40.8 Å². The normalized spacial score (nSPS) is 12.7. The molecule has 0 aliphatic carbocycles. The van der Waals surface area contributed by atoms with Gasteiger partial charge in [-0.15, -0.1) is 45.3 Å². The summed E-state index contributed by atoms with van der Waals surface area (Å²) in [7, 11) is 1.70. The van der Waals surface area contributed by atoms with Crippen molar-refractivity contribution >= 4 is 234 Å². The van der Waals surface area contributed by atoms with Crippen LogP contribution in [-0.2, 0) is 0 Å². The van der Waals surface area contributed by atoms with E-state index in [0.717, 1.165) is 193 Å². The molecule has 2 saturated heterocycles. The molecule has 11 N–H and O–H groups in total. The van der Waals surface area contributed by atoms with Crippen molar-refractivity contribution in [2.24, 2.45) is 0 Å². The molecule has 0 atom stereocenters. The Hall–Kier alpha value is -15.9. The highest BCUT2D eigenvalue weighted by atomic mass is 32.1. The molecule has 624 valence electrons. The summed E-state index contributed by atoms with van der Waals surface area (Å²) in [5.74, 6) is 7.23. The Labute approximate surface area is 732 Å². The van der Waals surface area contributed by atoms with Gasteiger partial charge in [0.25, 0.3) is 5.69 Å². The number of rotatable bonds is 20. The zero-order valence-corrected chi connectivity index (χ0v) is 70.5. The topological polar surface area (TPSA) is 403 Å². The highest BCUT2D eigenvalue weighted by Gasteiger charge is 2.24. The van der Waals surface area contributed by atoms with Gasteiger partial charge in [0.05, 0.1) is 106 Å². The largest absolute Gasteiger partial charge is 0.497 e. The van der Waals surface area contributed by atoms with Crippen LogP contribution in [0.3, 0.4) is 0 Å². The van der Waals surface area contributed by atoms with Crippen LogP contribution in [0.1, 0.15) is 24.8 Å². The number of fused-ring (bicyclic) bond motifs is 8. The van der Waals surface area contributed by atoms with E-state index in [4.69, 9.17) is 34.1 Å². The molecule has 126 heavy (non-hydrogen) atoms. The van der Waals surface area contributed by atoms with Gasteiger partial charge in [-0.25, -0.2) is 29.9 Å². The van der Waals surface area contributed by atoms with Gasteiger partial charge in [-0.3, -0.25) is 30.5 Å². The van der Waals surface area contributed by atoms with Crippen LogP contribution in [0, 0.1) is 17.0 Å². The molecule has 0 saturated carbocycles. The van der Waals surface area contributed by atoms with Gasteiger partial charge >= 0.3 is 0 Å². The Morgan fingerprint density at radius 1 is 0.413 bits per heavy atom. The molecule has 0 amide bonds. The number of oxazole rings is 1. The number of anilines is 17. The third-order valence-electron chi connectivity index (χ3n) is 21.2. The number of ether oxygens (including phenoxy) is 1. The van der Waals surface area contributed by atoms with Crippen LogP contribution in [0.4, 0.5) is 104 Å². The van der Waals surface area contributed by atoms with Gasteiger partial charge in [-0.2, -0.15) is 40.3 Å².